The molecule has 2 rings (SSSR count). The van der Waals surface area contributed by atoms with Gasteiger partial charge in [-0.1, -0.05) is 55.7 Å². The summed E-state index contributed by atoms with van der Waals surface area (Å²) < 4.78 is 1.46. The van der Waals surface area contributed by atoms with Crippen molar-refractivity contribution in [1.29, 1.82) is 0 Å². The molecule has 21 heavy (non-hydrogen) atoms. The average molecular weight is 318 g/mol. The Morgan fingerprint density at radius 3 is 2.19 bits per heavy atom. The average Bonchev–Trinajstić information content (AvgIpc) is 2.49. The summed E-state index contributed by atoms with van der Waals surface area (Å²) in [7, 11) is -1.32. The lowest BCUT2D eigenvalue weighted by molar-refractivity contribution is 0.326. The first-order valence-corrected chi connectivity index (χ1v) is 12.6. The fourth-order valence-electron chi connectivity index (χ4n) is 2.70. The molecule has 0 atom stereocenters. The molecule has 1 heterocycles. The lowest BCUT2D eigenvalue weighted by Gasteiger charge is -2.30. The van der Waals surface area contributed by atoms with Crippen LogP contribution in [0.1, 0.15) is 24.8 Å². The van der Waals surface area contributed by atoms with E-state index in [1.807, 2.05) is 11.8 Å². The summed E-state index contributed by atoms with van der Waals surface area (Å²) in [5.41, 5.74) is 6.43. The molecule has 1 nitrogen and oxygen atoms in total. The molecule has 0 N–H and O–H groups in total. The van der Waals surface area contributed by atoms with Gasteiger partial charge in [0.05, 0.1) is 13.8 Å². The minimum absolute atomic E-state index is 1.17. The van der Waals surface area contributed by atoms with E-state index in [1.54, 1.807) is 0 Å². The zero-order valence-corrected chi connectivity index (χ0v) is 15.6. The molecule has 0 radical (unpaired) electrons. The molecule has 0 saturated carbocycles. The van der Waals surface area contributed by atoms with E-state index in [4.69, 9.17) is 0 Å². The summed E-state index contributed by atoms with van der Waals surface area (Å²) in [6.45, 7) is 9.56. The number of likely N-dealkylation sites (tertiary alicyclic amines) is 1. The molecule has 1 aromatic rings. The highest BCUT2D eigenvalue weighted by Crippen LogP contribution is 2.28. The summed E-state index contributed by atoms with van der Waals surface area (Å²) in [5, 5.41) is 0. The van der Waals surface area contributed by atoms with E-state index >= 15 is 0 Å². The van der Waals surface area contributed by atoms with E-state index in [0.717, 1.165) is 0 Å². The van der Waals surface area contributed by atoms with Crippen molar-refractivity contribution in [2.45, 2.75) is 38.9 Å². The molecule has 0 unspecified atom stereocenters. The van der Waals surface area contributed by atoms with Crippen LogP contribution in [0.4, 0.5) is 0 Å². The third-order valence-electron chi connectivity index (χ3n) is 3.84. The van der Waals surface area contributed by atoms with E-state index < -0.39 is 8.07 Å². The van der Waals surface area contributed by atoms with Gasteiger partial charge in [0.25, 0.3) is 0 Å². The van der Waals surface area contributed by atoms with E-state index in [9.17, 15) is 0 Å². The fraction of sp³-hybridized carbons (Fsp3) is 0.500. The van der Waals surface area contributed by atoms with E-state index in [0.29, 0.717) is 0 Å². The van der Waals surface area contributed by atoms with Crippen LogP contribution in [0.15, 0.2) is 40.6 Å². The van der Waals surface area contributed by atoms with Crippen LogP contribution in [-0.2, 0) is 0 Å². The van der Waals surface area contributed by atoms with Crippen molar-refractivity contribution in [3.63, 3.8) is 0 Å². The molecule has 1 aliphatic rings. The Morgan fingerprint density at radius 2 is 1.67 bits per heavy atom. The normalized spacial score (nSPS) is 15.5. The van der Waals surface area contributed by atoms with Gasteiger partial charge in [-0.15, -0.1) is 11.8 Å². The van der Waals surface area contributed by atoms with Gasteiger partial charge in [-0.05, 0) is 25.5 Å². The zero-order valence-electron chi connectivity index (χ0n) is 13.8. The zero-order chi connectivity index (χ0) is 15.3. The van der Waals surface area contributed by atoms with Gasteiger partial charge in [-0.2, -0.15) is 0 Å². The molecule has 1 saturated heterocycles. The number of piperidine rings is 1. The predicted molar refractivity (Wildman–Crippen MR) is 99.2 cm³/mol. The molecular weight excluding hydrogens is 290 g/mol. The molecule has 114 valence electrons. The standard InChI is InChI=1S/C18H27NSSi/c1-20-18(21(2,3)4)15-17(16-11-7-5-8-12-16)19-13-9-6-10-14-19/h5,7-8,11-12H,6,9-10,13-14H2,1-4H3. The summed E-state index contributed by atoms with van der Waals surface area (Å²) in [5.74, 6) is 0. The number of nitrogens with zero attached hydrogens (tertiary/aromatic N) is 1. The molecule has 0 aromatic heterocycles. The molecular formula is C18H27NSSi. The lowest BCUT2D eigenvalue weighted by Crippen LogP contribution is -2.28. The minimum atomic E-state index is -1.32. The van der Waals surface area contributed by atoms with Gasteiger partial charge >= 0.3 is 0 Å². The number of benzene rings is 1. The van der Waals surface area contributed by atoms with Crippen molar-refractivity contribution in [2.75, 3.05) is 19.3 Å². The first-order chi connectivity index (χ1) is 10.0. The molecule has 3 heteroatoms. The van der Waals surface area contributed by atoms with E-state index in [-0.39, 0.29) is 0 Å². The van der Waals surface area contributed by atoms with Crippen molar-refractivity contribution in [3.8, 4) is 0 Å². The quantitative estimate of drug-likeness (QED) is 0.552. The second kappa shape index (κ2) is 7.39. The SMILES string of the molecule is CSC(=C=C(c1ccccc1)N1CCCCC1)[Si](C)(C)C. The fourth-order valence-corrected chi connectivity index (χ4v) is 5.84. The molecule has 0 amide bonds. The number of rotatable bonds is 4. The molecule has 0 spiro atoms. The van der Waals surface area contributed by atoms with Gasteiger partial charge < -0.3 is 4.90 Å². The predicted octanol–water partition coefficient (Wildman–Crippen LogP) is 5.24. The smallest absolute Gasteiger partial charge is 0.0958 e. The summed E-state index contributed by atoms with van der Waals surface area (Å²) >= 11 is 1.88. The second-order valence-corrected chi connectivity index (χ2v) is 12.8. The highest BCUT2D eigenvalue weighted by molar-refractivity contribution is 8.04. The molecule has 0 aliphatic carbocycles. The largest absolute Gasteiger partial charge is 0.365 e. The van der Waals surface area contributed by atoms with Gasteiger partial charge in [0.2, 0.25) is 0 Å². The summed E-state index contributed by atoms with van der Waals surface area (Å²) in [6, 6.07) is 10.8. The van der Waals surface area contributed by atoms with Crippen LogP contribution >= 0.6 is 11.8 Å². The van der Waals surface area contributed by atoms with Crippen LogP contribution in [0.2, 0.25) is 19.6 Å². The number of hydrogen-bond acceptors (Lipinski definition) is 2. The van der Waals surface area contributed by atoms with Crippen LogP contribution in [0.3, 0.4) is 0 Å². The van der Waals surface area contributed by atoms with Crippen molar-refractivity contribution in [1.82, 2.24) is 4.90 Å². The second-order valence-electron chi connectivity index (χ2n) is 6.67. The molecule has 1 aliphatic heterocycles. The summed E-state index contributed by atoms with van der Waals surface area (Å²) in [6.07, 6.45) is 6.17. The van der Waals surface area contributed by atoms with E-state index in [1.165, 1.54) is 48.1 Å². The molecule has 1 aromatic carbocycles. The van der Waals surface area contributed by atoms with Crippen LogP contribution in [0.5, 0.6) is 0 Å². The van der Waals surface area contributed by atoms with Crippen molar-refractivity contribution < 1.29 is 0 Å². The molecule has 0 bridgehead atoms. The van der Waals surface area contributed by atoms with Gasteiger partial charge in [-0.25, -0.2) is 0 Å². The van der Waals surface area contributed by atoms with Gasteiger partial charge in [0, 0.05) is 23.2 Å². The van der Waals surface area contributed by atoms with Gasteiger partial charge in [0.1, 0.15) is 0 Å². The third kappa shape index (κ3) is 4.54. The first-order valence-electron chi connectivity index (χ1n) is 7.88. The highest BCUT2D eigenvalue weighted by atomic mass is 32.2. The van der Waals surface area contributed by atoms with Gasteiger partial charge in [0.15, 0.2) is 0 Å². The minimum Gasteiger partial charge on any atom is -0.365 e. The van der Waals surface area contributed by atoms with Crippen LogP contribution in [0, 0.1) is 0 Å². The van der Waals surface area contributed by atoms with Crippen molar-refractivity contribution in [3.05, 3.63) is 46.2 Å². The monoisotopic (exact) mass is 317 g/mol. The maximum absolute atomic E-state index is 3.81. The molecule has 1 fully saturated rings. The Bertz CT molecular complexity index is 518. The Balaban J connectivity index is 2.52. The first kappa shape index (κ1) is 16.5. The van der Waals surface area contributed by atoms with Crippen molar-refractivity contribution in [2.24, 2.45) is 0 Å². The van der Waals surface area contributed by atoms with Crippen LogP contribution in [0.25, 0.3) is 5.70 Å². The maximum Gasteiger partial charge on any atom is 0.0958 e. The highest BCUT2D eigenvalue weighted by Gasteiger charge is 2.21. The van der Waals surface area contributed by atoms with Crippen LogP contribution in [-0.4, -0.2) is 32.3 Å². The van der Waals surface area contributed by atoms with Crippen LogP contribution < -0.4 is 0 Å². The number of hydrogen-bond donors (Lipinski definition) is 0. The Kier molecular flexibility index (Phi) is 5.80. The lowest BCUT2D eigenvalue weighted by atomic mass is 10.1. The Morgan fingerprint density at radius 1 is 1.05 bits per heavy atom. The maximum atomic E-state index is 3.81. The van der Waals surface area contributed by atoms with Crippen molar-refractivity contribution >= 4 is 25.5 Å². The Labute approximate surface area is 135 Å². The summed E-state index contributed by atoms with van der Waals surface area (Å²) in [4.78, 5) is 2.54. The Hall–Kier alpha value is -0.893. The third-order valence-corrected chi connectivity index (χ3v) is 8.28. The number of thioether (sulfide) groups is 1. The van der Waals surface area contributed by atoms with E-state index in [2.05, 4.69) is 66.9 Å². The topological polar surface area (TPSA) is 3.24 Å². The van der Waals surface area contributed by atoms with Gasteiger partial charge in [-0.3, -0.25) is 0 Å².